The molecule has 0 aliphatic carbocycles. The van der Waals surface area contributed by atoms with Crippen molar-refractivity contribution in [3.8, 4) is 59.2 Å². The van der Waals surface area contributed by atoms with Gasteiger partial charge in [0.2, 0.25) is 0 Å². The summed E-state index contributed by atoms with van der Waals surface area (Å²) < 4.78 is 24.9. The molecule has 0 aromatic carbocycles. The smallest absolute Gasteiger partial charge is 0.790 e. The van der Waals surface area contributed by atoms with Crippen LogP contribution in [0.5, 0.6) is 0 Å². The van der Waals surface area contributed by atoms with Gasteiger partial charge in [0, 0.05) is 25.2 Å². The first-order valence-electron chi connectivity index (χ1n) is 12.2. The van der Waals surface area contributed by atoms with Gasteiger partial charge in [-0.05, 0) is 60.7 Å². The van der Waals surface area contributed by atoms with Crippen molar-refractivity contribution in [3.05, 3.63) is 0 Å². The molecule has 0 saturated carbocycles. The second kappa shape index (κ2) is 32.7. The van der Waals surface area contributed by atoms with E-state index in [0.29, 0.717) is 6.42 Å². The quantitative estimate of drug-likeness (QED) is 0.0502. The van der Waals surface area contributed by atoms with Gasteiger partial charge >= 0.3 is 71.1 Å². The molecule has 0 aliphatic heterocycles. The number of unbranched alkanes of at least 4 members (excludes halogenated alkanes) is 9. The Morgan fingerprint density at radius 3 is 1.75 bits per heavy atom. The van der Waals surface area contributed by atoms with Crippen molar-refractivity contribution >= 4 is 33.3 Å². The van der Waals surface area contributed by atoms with E-state index in [-0.39, 0.29) is 91.9 Å². The van der Waals surface area contributed by atoms with Crippen LogP contribution in [0.25, 0.3) is 0 Å². The second-order valence-electron chi connectivity index (χ2n) is 7.76. The van der Waals surface area contributed by atoms with Crippen LogP contribution < -0.4 is 68.9 Å². The number of phosphoric acid groups is 1. The maximum Gasteiger partial charge on any atom is 1.00 e. The van der Waals surface area contributed by atoms with Crippen molar-refractivity contribution in [2.24, 2.45) is 0 Å². The van der Waals surface area contributed by atoms with Gasteiger partial charge < -0.3 is 28.3 Å². The second-order valence-corrected chi connectivity index (χ2v) is 8.91. The predicted molar refractivity (Wildman–Crippen MR) is 165 cm³/mol. The van der Waals surface area contributed by atoms with E-state index in [1.54, 1.807) is 6.92 Å². The van der Waals surface area contributed by atoms with Crippen LogP contribution in [0.4, 0.5) is 0 Å². The maximum atomic E-state index is 12.1. The van der Waals surface area contributed by atoms with E-state index in [2.05, 4.69) is 70.7 Å². The summed E-state index contributed by atoms with van der Waals surface area (Å²) in [4.78, 5) is 45.3. The molecular formula is C28H53Na2O8PS. The molecule has 8 nitrogen and oxygen atoms in total. The summed E-state index contributed by atoms with van der Waals surface area (Å²) >= 11 is 0. The van der Waals surface area contributed by atoms with E-state index < -0.39 is 39.1 Å². The summed E-state index contributed by atoms with van der Waals surface area (Å²) in [5.41, 5.74) is 0. The number of ether oxygens (including phenoxy) is 2. The van der Waals surface area contributed by atoms with Crippen LogP contribution >= 0.6 is 21.3 Å². The third-order valence-electron chi connectivity index (χ3n) is 4.58. The standard InChI is InChI=1S/C28H35O8P.2Na.H2S.9H2/c1-3-5-7-9-11-13-15-17-19-21-23-28(30)36-26(25-35-37(31,32)33)24-34-27(29)22-20-18-16-14-12-10-8-6-4-2;;;;;;;;;;;;/h26H,3,5,7,9,11,13,15,17,19,21,23-25H2,1-2H3,(H2,31,32,33);;;1H2;9*1H/q;2*+1;;;;;;;;;;/p-2/t26-;;;;;;;;;;;;/m0............/s1. The molecule has 0 aromatic heterocycles. The summed E-state index contributed by atoms with van der Waals surface area (Å²) in [6.07, 6.45) is 9.85. The Balaban J connectivity index is -0.0000000982. The number of phosphoric ester groups is 1. The fourth-order valence-electron chi connectivity index (χ4n) is 2.83. The summed E-state index contributed by atoms with van der Waals surface area (Å²) in [6.45, 7) is 2.51. The fraction of sp³-hybridized carbons (Fsp3) is 0.571. The fourth-order valence-corrected chi connectivity index (χ4v) is 3.18. The molecule has 0 amide bonds. The average molecular weight is 627 g/mol. The van der Waals surface area contributed by atoms with Gasteiger partial charge in [0.15, 0.2) is 6.10 Å². The SMILES string of the molecule is CC#CC#CC#CC#CC#CC(=O)OC[C@@H](COP(=O)([O-])[O-])OC(=O)CCCCCCCCCCCC.S.[HH].[HH].[HH].[HH].[HH].[HH].[HH].[HH].[HH].[Na+].[Na+]. The van der Waals surface area contributed by atoms with Crippen molar-refractivity contribution in [1.29, 1.82) is 0 Å². The molecule has 0 spiro atoms. The zero-order valence-electron chi connectivity index (χ0n) is 24.0. The molecule has 0 saturated heterocycles. The number of hydrogen-bond acceptors (Lipinski definition) is 8. The van der Waals surface area contributed by atoms with Crippen LogP contribution in [0.2, 0.25) is 0 Å². The molecule has 0 rings (SSSR count). The molecule has 12 heteroatoms. The minimum absolute atomic E-state index is 0. The van der Waals surface area contributed by atoms with Crippen molar-refractivity contribution in [2.75, 3.05) is 13.2 Å². The molecule has 0 bridgehead atoms. The zero-order valence-corrected chi connectivity index (χ0v) is 29.9. The topological polar surface area (TPSA) is 125 Å². The van der Waals surface area contributed by atoms with Crippen molar-refractivity contribution in [1.82, 2.24) is 0 Å². The van der Waals surface area contributed by atoms with Crippen LogP contribution in [0.1, 0.15) is 97.3 Å². The molecule has 40 heavy (non-hydrogen) atoms. The van der Waals surface area contributed by atoms with E-state index in [9.17, 15) is 23.9 Å². The molecule has 0 N–H and O–H groups in total. The Kier molecular flexibility index (Phi) is 37.8. The number of rotatable bonds is 17. The Labute approximate surface area is 304 Å². The molecule has 0 aromatic rings. The summed E-state index contributed by atoms with van der Waals surface area (Å²) in [7, 11) is -5.30. The first kappa shape index (κ1) is 46.2. The minimum Gasteiger partial charge on any atom is -0.790 e. The van der Waals surface area contributed by atoms with Crippen molar-refractivity contribution in [2.45, 2.75) is 90.6 Å². The van der Waals surface area contributed by atoms with Crippen LogP contribution in [0, 0.1) is 59.2 Å². The Bertz CT molecular complexity index is 1100. The number of esters is 2. The molecule has 226 valence electrons. The van der Waals surface area contributed by atoms with Crippen molar-refractivity contribution < 1.29 is 110 Å². The number of carbonyl (C=O) groups excluding carboxylic acids is 2. The van der Waals surface area contributed by atoms with Crippen LogP contribution in [0.3, 0.4) is 0 Å². The third-order valence-corrected chi connectivity index (χ3v) is 5.04. The van der Waals surface area contributed by atoms with Crippen LogP contribution in [-0.2, 0) is 28.2 Å². The molecular weight excluding hydrogens is 573 g/mol. The molecule has 0 heterocycles. The van der Waals surface area contributed by atoms with Crippen LogP contribution in [-0.4, -0.2) is 31.3 Å². The maximum absolute atomic E-state index is 12.1. The predicted octanol–water partition coefficient (Wildman–Crippen LogP) is -1.03. The first-order valence-corrected chi connectivity index (χ1v) is 13.7. The van der Waals surface area contributed by atoms with Gasteiger partial charge in [0.1, 0.15) is 6.61 Å². The summed E-state index contributed by atoms with van der Waals surface area (Å²) in [6, 6.07) is 0. The first-order chi connectivity index (χ1) is 17.8. The van der Waals surface area contributed by atoms with E-state index in [0.717, 1.165) is 19.3 Å². The molecule has 0 fully saturated rings. The van der Waals surface area contributed by atoms with E-state index >= 15 is 0 Å². The normalized spacial score (nSPS) is 9.50. The van der Waals surface area contributed by atoms with E-state index in [1.807, 2.05) is 0 Å². The Morgan fingerprint density at radius 1 is 0.775 bits per heavy atom. The minimum atomic E-state index is -5.30. The van der Waals surface area contributed by atoms with Gasteiger partial charge in [-0.1, -0.05) is 70.6 Å². The number of hydrogen-bond donors (Lipinski definition) is 0. The largest absolute Gasteiger partial charge is 1.00 e. The summed E-state index contributed by atoms with van der Waals surface area (Å²) in [5.74, 6) is 22.2. The van der Waals surface area contributed by atoms with Gasteiger partial charge in [0.25, 0.3) is 0 Å². The van der Waals surface area contributed by atoms with E-state index in [4.69, 9.17) is 9.47 Å². The molecule has 0 aliphatic rings. The van der Waals surface area contributed by atoms with E-state index in [1.165, 1.54) is 38.5 Å². The number of carbonyl (C=O) groups is 2. The van der Waals surface area contributed by atoms with Gasteiger partial charge in [-0.15, -0.1) is 0 Å². The molecule has 0 unspecified atom stereocenters. The van der Waals surface area contributed by atoms with Gasteiger partial charge in [-0.2, -0.15) is 13.5 Å². The summed E-state index contributed by atoms with van der Waals surface area (Å²) in [5, 5.41) is 0. The van der Waals surface area contributed by atoms with Crippen LogP contribution in [0.15, 0.2) is 0 Å². The van der Waals surface area contributed by atoms with Gasteiger partial charge in [-0.3, -0.25) is 4.79 Å². The zero-order chi connectivity index (χ0) is 27.6. The van der Waals surface area contributed by atoms with Crippen molar-refractivity contribution in [3.63, 3.8) is 0 Å². The third kappa shape index (κ3) is 35.2. The Morgan fingerprint density at radius 2 is 1.25 bits per heavy atom. The average Bonchev–Trinajstić information content (AvgIpc) is 2.85. The van der Waals surface area contributed by atoms with Gasteiger partial charge in [0.05, 0.1) is 14.4 Å². The Hall–Kier alpha value is -0.800. The van der Waals surface area contributed by atoms with Gasteiger partial charge in [-0.25, -0.2) is 4.79 Å². The molecule has 0 radical (unpaired) electrons. The molecule has 1 atom stereocenters. The monoisotopic (exact) mass is 626 g/mol.